The number of hydrogen-bond donors (Lipinski definition) is 1. The van der Waals surface area contributed by atoms with Crippen molar-refractivity contribution in [2.24, 2.45) is 5.92 Å². The Morgan fingerprint density at radius 3 is 2.71 bits per heavy atom. The van der Waals surface area contributed by atoms with E-state index in [1.807, 2.05) is 0 Å². The summed E-state index contributed by atoms with van der Waals surface area (Å²) in [5, 5.41) is 3.30. The van der Waals surface area contributed by atoms with E-state index in [1.165, 1.54) is 25.9 Å². The van der Waals surface area contributed by atoms with Gasteiger partial charge in [0, 0.05) is 12.6 Å². The lowest BCUT2D eigenvalue weighted by molar-refractivity contribution is 0.0606. The summed E-state index contributed by atoms with van der Waals surface area (Å²) in [6.45, 7) is 3.30. The maximum Gasteiger partial charge on any atom is 0.287 e. The maximum atomic E-state index is 11.9. The fourth-order valence-electron chi connectivity index (χ4n) is 2.80. The third-order valence-corrected chi connectivity index (χ3v) is 3.97. The fraction of sp³-hybridized carbons (Fsp3) is 0.583. The number of piperidine rings is 3. The predicted molar refractivity (Wildman–Crippen MR) is 64.1 cm³/mol. The van der Waals surface area contributed by atoms with Gasteiger partial charge in [0.05, 0.1) is 0 Å². The van der Waals surface area contributed by atoms with Crippen molar-refractivity contribution in [2.45, 2.75) is 18.9 Å². The number of fused-ring (bicyclic) bond motifs is 3. The Kier molecular flexibility index (Phi) is 2.84. The Bertz CT molecular complexity index is 424. The molecule has 4 heterocycles. The highest BCUT2D eigenvalue weighted by molar-refractivity contribution is 6.29. The van der Waals surface area contributed by atoms with Crippen molar-refractivity contribution in [3.63, 3.8) is 0 Å². The van der Waals surface area contributed by atoms with Crippen molar-refractivity contribution < 1.29 is 9.21 Å². The molecule has 0 spiro atoms. The largest absolute Gasteiger partial charge is 0.440 e. The molecule has 3 fully saturated rings. The summed E-state index contributed by atoms with van der Waals surface area (Å²) in [7, 11) is 0. The zero-order valence-corrected chi connectivity index (χ0v) is 10.2. The van der Waals surface area contributed by atoms with E-state index in [-0.39, 0.29) is 17.2 Å². The van der Waals surface area contributed by atoms with Crippen molar-refractivity contribution >= 4 is 17.5 Å². The van der Waals surface area contributed by atoms with E-state index in [4.69, 9.17) is 16.0 Å². The molecule has 0 saturated carbocycles. The van der Waals surface area contributed by atoms with Gasteiger partial charge in [0.15, 0.2) is 11.0 Å². The maximum absolute atomic E-state index is 11.9. The van der Waals surface area contributed by atoms with Gasteiger partial charge in [-0.2, -0.15) is 0 Å². The molecule has 1 amide bonds. The molecule has 5 heteroatoms. The van der Waals surface area contributed by atoms with E-state index in [2.05, 4.69) is 10.2 Å². The minimum absolute atomic E-state index is 0.157. The summed E-state index contributed by atoms with van der Waals surface area (Å²) >= 11 is 5.66. The molecule has 4 nitrogen and oxygen atoms in total. The highest BCUT2D eigenvalue weighted by atomic mass is 35.5. The van der Waals surface area contributed by atoms with Crippen molar-refractivity contribution in [1.82, 2.24) is 10.2 Å². The number of furan rings is 1. The van der Waals surface area contributed by atoms with Crippen LogP contribution in [0.25, 0.3) is 0 Å². The van der Waals surface area contributed by atoms with Crippen molar-refractivity contribution in [3.05, 3.63) is 23.1 Å². The third kappa shape index (κ3) is 2.19. The number of carbonyl (C=O) groups is 1. The lowest BCUT2D eigenvalue weighted by Crippen LogP contribution is -2.57. The van der Waals surface area contributed by atoms with Gasteiger partial charge in [-0.1, -0.05) is 0 Å². The zero-order valence-electron chi connectivity index (χ0n) is 9.49. The van der Waals surface area contributed by atoms with Gasteiger partial charge >= 0.3 is 0 Å². The van der Waals surface area contributed by atoms with E-state index in [9.17, 15) is 4.79 Å². The average molecular weight is 255 g/mol. The van der Waals surface area contributed by atoms with Gasteiger partial charge in [0.1, 0.15) is 0 Å². The fourth-order valence-corrected chi connectivity index (χ4v) is 2.95. The van der Waals surface area contributed by atoms with E-state index >= 15 is 0 Å². The predicted octanol–water partition coefficient (Wildman–Crippen LogP) is 1.76. The Balaban J connectivity index is 1.65. The second-order valence-corrected chi connectivity index (χ2v) is 5.19. The van der Waals surface area contributed by atoms with Gasteiger partial charge in [-0.3, -0.25) is 4.79 Å². The van der Waals surface area contributed by atoms with E-state index in [0.717, 1.165) is 6.54 Å². The van der Waals surface area contributed by atoms with Crippen LogP contribution in [-0.4, -0.2) is 36.5 Å². The number of amides is 1. The van der Waals surface area contributed by atoms with Gasteiger partial charge in [0.25, 0.3) is 5.91 Å². The van der Waals surface area contributed by atoms with Crippen LogP contribution in [0.2, 0.25) is 5.22 Å². The molecule has 3 saturated heterocycles. The highest BCUT2D eigenvalue weighted by Gasteiger charge is 2.35. The molecule has 17 heavy (non-hydrogen) atoms. The molecule has 0 aromatic carbocycles. The molecule has 3 aliphatic rings. The van der Waals surface area contributed by atoms with Crippen LogP contribution in [0.4, 0.5) is 0 Å². The summed E-state index contributed by atoms with van der Waals surface area (Å²) < 4.78 is 5.11. The molecular weight excluding hydrogens is 240 g/mol. The number of hydrogen-bond acceptors (Lipinski definition) is 3. The number of rotatable bonds is 2. The van der Waals surface area contributed by atoms with Crippen LogP contribution in [0.15, 0.2) is 16.5 Å². The topological polar surface area (TPSA) is 45.5 Å². The van der Waals surface area contributed by atoms with Crippen LogP contribution < -0.4 is 5.32 Å². The summed E-state index contributed by atoms with van der Waals surface area (Å²) in [5.41, 5.74) is 0. The van der Waals surface area contributed by atoms with Crippen LogP contribution in [0.1, 0.15) is 23.4 Å². The van der Waals surface area contributed by atoms with E-state index in [1.54, 1.807) is 12.1 Å². The Hall–Kier alpha value is -1.00. The minimum atomic E-state index is -0.157. The lowest BCUT2D eigenvalue weighted by atomic mass is 9.84. The molecule has 1 unspecified atom stereocenters. The summed E-state index contributed by atoms with van der Waals surface area (Å²) in [5.74, 6) is 0.761. The second-order valence-electron chi connectivity index (χ2n) is 4.82. The van der Waals surface area contributed by atoms with Gasteiger partial charge in [-0.05, 0) is 55.6 Å². The number of nitrogens with zero attached hydrogens (tertiary/aromatic N) is 1. The van der Waals surface area contributed by atoms with Gasteiger partial charge in [-0.15, -0.1) is 0 Å². The van der Waals surface area contributed by atoms with Gasteiger partial charge in [0.2, 0.25) is 0 Å². The molecular formula is C12H15ClN2O2. The first-order chi connectivity index (χ1) is 8.22. The molecule has 92 valence electrons. The molecule has 1 aromatic heterocycles. The summed E-state index contributed by atoms with van der Waals surface area (Å²) in [6, 6.07) is 3.46. The second kappa shape index (κ2) is 4.35. The molecule has 1 aromatic rings. The molecule has 3 aliphatic heterocycles. The number of nitrogens with one attached hydrogen (secondary N) is 1. The Morgan fingerprint density at radius 2 is 2.18 bits per heavy atom. The van der Waals surface area contributed by atoms with Crippen LogP contribution in [0.3, 0.4) is 0 Å². The first-order valence-electron chi connectivity index (χ1n) is 6.01. The molecule has 4 rings (SSSR count). The van der Waals surface area contributed by atoms with Crippen LogP contribution >= 0.6 is 11.6 Å². The molecule has 1 atom stereocenters. The third-order valence-electron chi connectivity index (χ3n) is 3.77. The Labute approximate surface area is 105 Å². The van der Waals surface area contributed by atoms with E-state index in [0.29, 0.717) is 11.7 Å². The van der Waals surface area contributed by atoms with Crippen LogP contribution in [0.5, 0.6) is 0 Å². The summed E-state index contributed by atoms with van der Waals surface area (Å²) in [6.07, 6.45) is 2.37. The lowest BCUT2D eigenvalue weighted by Gasteiger charge is -2.44. The molecule has 0 aliphatic carbocycles. The Morgan fingerprint density at radius 1 is 1.41 bits per heavy atom. The minimum Gasteiger partial charge on any atom is -0.440 e. The van der Waals surface area contributed by atoms with Crippen molar-refractivity contribution in [3.8, 4) is 0 Å². The smallest absolute Gasteiger partial charge is 0.287 e. The number of carbonyl (C=O) groups excluding carboxylic acids is 1. The van der Waals surface area contributed by atoms with Crippen molar-refractivity contribution in [1.29, 1.82) is 0 Å². The molecule has 2 bridgehead atoms. The first kappa shape index (κ1) is 11.1. The molecule has 1 N–H and O–H groups in total. The van der Waals surface area contributed by atoms with Gasteiger partial charge in [-0.25, -0.2) is 0 Å². The SMILES string of the molecule is O=C(NC1CN2CCC1CC2)c1ccc(Cl)o1. The zero-order chi connectivity index (χ0) is 11.8. The highest BCUT2D eigenvalue weighted by Crippen LogP contribution is 2.27. The van der Waals surface area contributed by atoms with Crippen LogP contribution in [0, 0.1) is 5.92 Å². The summed E-state index contributed by atoms with van der Waals surface area (Å²) in [4.78, 5) is 14.3. The normalized spacial score (nSPS) is 31.5. The average Bonchev–Trinajstić information content (AvgIpc) is 2.77. The van der Waals surface area contributed by atoms with Crippen molar-refractivity contribution in [2.75, 3.05) is 19.6 Å². The monoisotopic (exact) mass is 254 g/mol. The number of halogens is 1. The first-order valence-corrected chi connectivity index (χ1v) is 6.39. The van der Waals surface area contributed by atoms with Gasteiger partial charge < -0.3 is 14.6 Å². The molecule has 0 radical (unpaired) electrons. The quantitative estimate of drug-likeness (QED) is 0.875. The van der Waals surface area contributed by atoms with E-state index < -0.39 is 0 Å². The van der Waals surface area contributed by atoms with Crippen LogP contribution in [-0.2, 0) is 0 Å². The standard InChI is InChI=1S/C12H15ClN2O2/c13-11-2-1-10(17-11)12(16)14-9-7-15-5-3-8(9)4-6-15/h1-2,8-9H,3-7H2,(H,14,16).